The van der Waals surface area contributed by atoms with Gasteiger partial charge in [-0.05, 0) is 43.4 Å². The molecule has 1 aromatic rings. The molecule has 0 radical (unpaired) electrons. The Kier molecular flexibility index (Phi) is 4.00. The smallest absolute Gasteiger partial charge is 0.244 e. The molecule has 3 heteroatoms. The molecule has 0 atom stereocenters. The zero-order valence-corrected chi connectivity index (χ0v) is 11.3. The van der Waals surface area contributed by atoms with Crippen LogP contribution in [-0.4, -0.2) is 8.32 Å². The van der Waals surface area contributed by atoms with Gasteiger partial charge in [0, 0.05) is 10.6 Å². The van der Waals surface area contributed by atoms with Crippen molar-refractivity contribution in [3.63, 3.8) is 0 Å². The fourth-order valence-corrected chi connectivity index (χ4v) is 2.16. The van der Waals surface area contributed by atoms with Gasteiger partial charge >= 0.3 is 0 Å². The van der Waals surface area contributed by atoms with Crippen molar-refractivity contribution in [2.75, 3.05) is 0 Å². The summed E-state index contributed by atoms with van der Waals surface area (Å²) < 4.78 is 5.91. The average Bonchev–Trinajstić information content (AvgIpc) is 2.18. The van der Waals surface area contributed by atoms with Gasteiger partial charge in [-0.1, -0.05) is 25.1 Å². The summed E-state index contributed by atoms with van der Waals surface area (Å²) >= 11 is 5.81. The van der Waals surface area contributed by atoms with E-state index in [1.807, 2.05) is 24.3 Å². The molecule has 0 N–H and O–H groups in total. The molecule has 0 heterocycles. The summed E-state index contributed by atoms with van der Waals surface area (Å²) in [6.07, 6.45) is 0. The minimum atomic E-state index is -1.57. The van der Waals surface area contributed by atoms with Gasteiger partial charge in [0.05, 0.1) is 0 Å². The van der Waals surface area contributed by atoms with Crippen molar-refractivity contribution in [2.45, 2.75) is 26.1 Å². The maximum Gasteiger partial charge on any atom is 0.244 e. The zero-order valence-electron chi connectivity index (χ0n) is 9.51. The van der Waals surface area contributed by atoms with Crippen LogP contribution in [0.1, 0.15) is 12.5 Å². The highest BCUT2D eigenvalue weighted by Crippen LogP contribution is 2.22. The molecule has 82 valence electrons. The minimum absolute atomic E-state index is 0.735. The van der Waals surface area contributed by atoms with Gasteiger partial charge in [-0.3, -0.25) is 0 Å². The van der Waals surface area contributed by atoms with E-state index in [-0.39, 0.29) is 0 Å². The van der Waals surface area contributed by atoms with Crippen LogP contribution >= 0.6 is 11.6 Å². The lowest BCUT2D eigenvalue weighted by atomic mass is 10.2. The second-order valence-electron chi connectivity index (χ2n) is 4.15. The predicted octanol–water partition coefficient (Wildman–Crippen LogP) is 4.55. The molecule has 0 aliphatic carbocycles. The van der Waals surface area contributed by atoms with Crippen molar-refractivity contribution in [1.82, 2.24) is 0 Å². The second-order valence-corrected chi connectivity index (χ2v) is 9.01. The SMILES string of the molecule is C=C(O[Si](C)(C)CC)c1ccc(Cl)cc1. The summed E-state index contributed by atoms with van der Waals surface area (Å²) in [5, 5.41) is 0.735. The monoisotopic (exact) mass is 240 g/mol. The van der Waals surface area contributed by atoms with E-state index in [4.69, 9.17) is 16.0 Å². The quantitative estimate of drug-likeness (QED) is 0.554. The highest BCUT2D eigenvalue weighted by molar-refractivity contribution is 6.71. The third-order valence-corrected chi connectivity index (χ3v) is 5.17. The molecule has 1 aromatic carbocycles. The lowest BCUT2D eigenvalue weighted by molar-refractivity contribution is 0.508. The van der Waals surface area contributed by atoms with E-state index in [0.717, 1.165) is 22.4 Å². The van der Waals surface area contributed by atoms with E-state index in [0.29, 0.717) is 0 Å². The summed E-state index contributed by atoms with van der Waals surface area (Å²) in [5.41, 5.74) is 1.01. The number of hydrogen-bond donors (Lipinski definition) is 0. The van der Waals surface area contributed by atoms with E-state index in [1.165, 1.54) is 0 Å². The summed E-state index contributed by atoms with van der Waals surface area (Å²) in [7, 11) is -1.57. The van der Waals surface area contributed by atoms with Gasteiger partial charge in [-0.2, -0.15) is 0 Å². The molecule has 0 aromatic heterocycles. The van der Waals surface area contributed by atoms with Crippen LogP contribution in [0.2, 0.25) is 24.2 Å². The van der Waals surface area contributed by atoms with Crippen LogP contribution in [0.15, 0.2) is 30.8 Å². The first kappa shape index (κ1) is 12.3. The third kappa shape index (κ3) is 3.72. The molecule has 15 heavy (non-hydrogen) atoms. The second kappa shape index (κ2) is 4.86. The molecule has 0 saturated carbocycles. The Morgan fingerprint density at radius 3 is 2.33 bits per heavy atom. The van der Waals surface area contributed by atoms with Crippen molar-refractivity contribution in [3.8, 4) is 0 Å². The molecule has 1 rings (SSSR count). The summed E-state index contributed by atoms with van der Waals surface area (Å²) in [5.74, 6) is 0.755. The fraction of sp³-hybridized carbons (Fsp3) is 0.333. The largest absolute Gasteiger partial charge is 0.544 e. The van der Waals surface area contributed by atoms with Gasteiger partial charge in [0.2, 0.25) is 8.32 Å². The van der Waals surface area contributed by atoms with Gasteiger partial charge in [0.15, 0.2) is 0 Å². The molecule has 0 aliphatic rings. The Morgan fingerprint density at radius 1 is 1.33 bits per heavy atom. The molecule has 0 bridgehead atoms. The molecule has 0 unspecified atom stereocenters. The Labute approximate surface area is 97.9 Å². The average molecular weight is 241 g/mol. The molecule has 1 nitrogen and oxygen atoms in total. The first-order chi connectivity index (χ1) is 6.94. The molecule has 0 spiro atoms. The predicted molar refractivity (Wildman–Crippen MR) is 69.5 cm³/mol. The summed E-state index contributed by atoms with van der Waals surface area (Å²) in [6, 6.07) is 8.66. The molecule has 0 fully saturated rings. The van der Waals surface area contributed by atoms with Gasteiger partial charge in [0.25, 0.3) is 0 Å². The first-order valence-corrected chi connectivity index (χ1v) is 8.58. The van der Waals surface area contributed by atoms with Crippen LogP contribution in [0.3, 0.4) is 0 Å². The van der Waals surface area contributed by atoms with Crippen LogP contribution < -0.4 is 0 Å². The van der Waals surface area contributed by atoms with Gasteiger partial charge < -0.3 is 4.43 Å². The van der Waals surface area contributed by atoms with Gasteiger partial charge in [-0.25, -0.2) is 0 Å². The van der Waals surface area contributed by atoms with E-state index >= 15 is 0 Å². The van der Waals surface area contributed by atoms with Crippen molar-refractivity contribution in [2.24, 2.45) is 0 Å². The standard InChI is InChI=1S/C12H17ClOSi/c1-5-15(3,4)14-10(2)11-6-8-12(13)9-7-11/h6-9H,2,5H2,1,3-4H3. The summed E-state index contributed by atoms with van der Waals surface area (Å²) in [6.45, 7) is 10.5. The first-order valence-electron chi connectivity index (χ1n) is 5.08. The highest BCUT2D eigenvalue weighted by atomic mass is 35.5. The topological polar surface area (TPSA) is 9.23 Å². The number of hydrogen-bond acceptors (Lipinski definition) is 1. The fourth-order valence-electron chi connectivity index (χ4n) is 1.10. The zero-order chi connectivity index (χ0) is 11.5. The maximum absolute atomic E-state index is 5.91. The normalized spacial score (nSPS) is 11.2. The molecule has 0 saturated heterocycles. The number of rotatable bonds is 4. The van der Waals surface area contributed by atoms with Crippen LogP contribution in [0.4, 0.5) is 0 Å². The van der Waals surface area contributed by atoms with E-state index in [2.05, 4.69) is 26.6 Å². The lowest BCUT2D eigenvalue weighted by Gasteiger charge is -2.24. The molecular weight excluding hydrogens is 224 g/mol. The van der Waals surface area contributed by atoms with Crippen LogP contribution in [0, 0.1) is 0 Å². The highest BCUT2D eigenvalue weighted by Gasteiger charge is 2.22. The summed E-state index contributed by atoms with van der Waals surface area (Å²) in [4.78, 5) is 0. The van der Waals surface area contributed by atoms with E-state index in [9.17, 15) is 0 Å². The van der Waals surface area contributed by atoms with E-state index < -0.39 is 8.32 Å². The van der Waals surface area contributed by atoms with Crippen molar-refractivity contribution < 1.29 is 4.43 Å². The minimum Gasteiger partial charge on any atom is -0.544 e. The number of benzene rings is 1. The van der Waals surface area contributed by atoms with Gasteiger partial charge in [-0.15, -0.1) is 0 Å². The van der Waals surface area contributed by atoms with E-state index in [1.54, 1.807) is 0 Å². The van der Waals surface area contributed by atoms with Crippen molar-refractivity contribution in [3.05, 3.63) is 41.4 Å². The van der Waals surface area contributed by atoms with Crippen molar-refractivity contribution >= 4 is 25.7 Å². The molecule has 0 amide bonds. The number of halogens is 1. The van der Waals surface area contributed by atoms with Crippen molar-refractivity contribution in [1.29, 1.82) is 0 Å². The Hall–Kier alpha value is -0.733. The Balaban J connectivity index is 2.74. The molecular formula is C12H17ClOSi. The Bertz CT molecular complexity index is 343. The third-order valence-electron chi connectivity index (χ3n) is 2.42. The van der Waals surface area contributed by atoms with Crippen LogP contribution in [0.25, 0.3) is 5.76 Å². The van der Waals surface area contributed by atoms with Crippen LogP contribution in [0.5, 0.6) is 0 Å². The maximum atomic E-state index is 5.91. The van der Waals surface area contributed by atoms with Crippen LogP contribution in [-0.2, 0) is 4.43 Å². The Morgan fingerprint density at radius 2 is 1.87 bits per heavy atom. The lowest BCUT2D eigenvalue weighted by Crippen LogP contribution is -2.27. The van der Waals surface area contributed by atoms with Gasteiger partial charge in [0.1, 0.15) is 5.76 Å². The molecule has 0 aliphatic heterocycles.